The van der Waals surface area contributed by atoms with Crippen molar-refractivity contribution in [3.05, 3.63) is 77.7 Å². The highest BCUT2D eigenvalue weighted by molar-refractivity contribution is 7.80. The van der Waals surface area contributed by atoms with Crippen LogP contribution in [0.15, 0.2) is 54.7 Å². The third-order valence-electron chi connectivity index (χ3n) is 3.32. The molecule has 3 aromatic rings. The van der Waals surface area contributed by atoms with Crippen molar-refractivity contribution < 1.29 is 13.2 Å². The van der Waals surface area contributed by atoms with Gasteiger partial charge >= 0.3 is 0 Å². The highest BCUT2D eigenvalue weighted by atomic mass is 32.1. The number of hydrogen-bond donors (Lipinski definition) is 2. The molecule has 0 atom stereocenters. The van der Waals surface area contributed by atoms with E-state index in [1.54, 1.807) is 29.1 Å². The van der Waals surface area contributed by atoms with Crippen LogP contribution in [0, 0.1) is 17.5 Å². The summed E-state index contributed by atoms with van der Waals surface area (Å²) in [6.07, 6.45) is 1.73. The topological polar surface area (TPSA) is 41.9 Å². The molecule has 0 radical (unpaired) electrons. The predicted molar refractivity (Wildman–Crippen MR) is 93.9 cm³/mol. The molecule has 0 saturated heterocycles. The smallest absolute Gasteiger partial charge is 0.176 e. The minimum Gasteiger partial charge on any atom is -0.330 e. The molecule has 0 amide bonds. The van der Waals surface area contributed by atoms with Gasteiger partial charge in [0.05, 0.1) is 12.2 Å². The molecular formula is C17H13F3N4S. The van der Waals surface area contributed by atoms with Crippen LogP contribution in [0.3, 0.4) is 0 Å². The normalized spacial score (nSPS) is 10.5. The molecule has 3 rings (SSSR count). The third kappa shape index (κ3) is 4.57. The number of nitrogens with zero attached hydrogens (tertiary/aromatic N) is 2. The Labute approximate surface area is 147 Å². The number of halogens is 3. The van der Waals surface area contributed by atoms with Crippen LogP contribution in [0.25, 0.3) is 0 Å². The van der Waals surface area contributed by atoms with Crippen LogP contribution in [0.1, 0.15) is 5.56 Å². The highest BCUT2D eigenvalue weighted by Crippen LogP contribution is 2.15. The van der Waals surface area contributed by atoms with Gasteiger partial charge in [-0.05, 0) is 42.0 Å². The molecule has 0 fully saturated rings. The zero-order valence-corrected chi connectivity index (χ0v) is 13.7. The Morgan fingerprint density at radius 2 is 1.68 bits per heavy atom. The molecule has 128 valence electrons. The van der Waals surface area contributed by atoms with E-state index in [9.17, 15) is 13.2 Å². The van der Waals surface area contributed by atoms with Crippen LogP contribution in [0.5, 0.6) is 0 Å². The first-order valence-electron chi connectivity index (χ1n) is 7.30. The number of anilines is 2. The van der Waals surface area contributed by atoms with Crippen LogP contribution in [0.2, 0.25) is 0 Å². The van der Waals surface area contributed by atoms with Gasteiger partial charge in [-0.1, -0.05) is 12.1 Å². The second-order valence-corrected chi connectivity index (χ2v) is 5.64. The van der Waals surface area contributed by atoms with E-state index in [1.165, 1.54) is 18.2 Å². The van der Waals surface area contributed by atoms with E-state index >= 15 is 0 Å². The summed E-state index contributed by atoms with van der Waals surface area (Å²) in [6, 6.07) is 11.0. The maximum atomic E-state index is 13.6. The fraction of sp³-hybridized carbons (Fsp3) is 0.0588. The maximum absolute atomic E-state index is 13.6. The molecule has 1 aromatic heterocycles. The summed E-state index contributed by atoms with van der Waals surface area (Å²) in [5.74, 6) is -1.24. The predicted octanol–water partition coefficient (Wildman–Crippen LogP) is 4.16. The minimum absolute atomic E-state index is 0.0599. The standard InChI is InChI=1S/C17H13F3N4S/c18-12-3-1-11(2-4-12)10-24-8-7-16(23-24)22-17(25)21-15-6-5-13(19)9-14(15)20/h1-9H,10H2,(H2,21,22,23,25). The van der Waals surface area contributed by atoms with Gasteiger partial charge in [-0.3, -0.25) is 4.68 Å². The molecule has 25 heavy (non-hydrogen) atoms. The summed E-state index contributed by atoms with van der Waals surface area (Å²) in [5, 5.41) is 9.85. The van der Waals surface area contributed by atoms with Crippen LogP contribution in [-0.2, 0) is 6.54 Å². The van der Waals surface area contributed by atoms with Crippen molar-refractivity contribution in [1.82, 2.24) is 9.78 Å². The van der Waals surface area contributed by atoms with Gasteiger partial charge in [-0.2, -0.15) is 5.10 Å². The van der Waals surface area contributed by atoms with Gasteiger partial charge in [-0.15, -0.1) is 0 Å². The number of nitrogens with one attached hydrogen (secondary N) is 2. The molecule has 0 aliphatic rings. The van der Waals surface area contributed by atoms with E-state index in [-0.39, 0.29) is 16.6 Å². The molecule has 0 bridgehead atoms. The van der Waals surface area contributed by atoms with Crippen molar-refractivity contribution >= 4 is 28.8 Å². The lowest BCUT2D eigenvalue weighted by molar-refractivity contribution is 0.586. The summed E-state index contributed by atoms with van der Waals surface area (Å²) in [6.45, 7) is 0.467. The van der Waals surface area contributed by atoms with Gasteiger partial charge < -0.3 is 10.6 Å². The van der Waals surface area contributed by atoms with E-state index in [2.05, 4.69) is 15.7 Å². The number of thiocarbonyl (C=S) groups is 1. The summed E-state index contributed by atoms with van der Waals surface area (Å²) >= 11 is 5.09. The SMILES string of the molecule is Fc1ccc(Cn2ccc(NC(=S)Nc3ccc(F)cc3F)n2)cc1. The Balaban J connectivity index is 1.60. The van der Waals surface area contributed by atoms with E-state index < -0.39 is 11.6 Å². The zero-order valence-electron chi connectivity index (χ0n) is 12.8. The van der Waals surface area contributed by atoms with Gasteiger partial charge in [-0.25, -0.2) is 13.2 Å². The quantitative estimate of drug-likeness (QED) is 0.684. The van der Waals surface area contributed by atoms with Crippen LogP contribution in [0.4, 0.5) is 24.7 Å². The maximum Gasteiger partial charge on any atom is 0.176 e. The fourth-order valence-electron chi connectivity index (χ4n) is 2.15. The zero-order chi connectivity index (χ0) is 17.8. The average molecular weight is 362 g/mol. The van der Waals surface area contributed by atoms with Crippen LogP contribution < -0.4 is 10.6 Å². The first-order valence-corrected chi connectivity index (χ1v) is 7.71. The second kappa shape index (κ2) is 7.35. The number of hydrogen-bond acceptors (Lipinski definition) is 2. The molecule has 0 aliphatic carbocycles. The second-order valence-electron chi connectivity index (χ2n) is 5.23. The van der Waals surface area contributed by atoms with Gasteiger partial charge in [0, 0.05) is 18.3 Å². The largest absolute Gasteiger partial charge is 0.330 e. The monoisotopic (exact) mass is 362 g/mol. The van der Waals surface area contributed by atoms with Crippen molar-refractivity contribution in [2.45, 2.75) is 6.54 Å². The minimum atomic E-state index is -0.744. The first kappa shape index (κ1) is 17.0. The highest BCUT2D eigenvalue weighted by Gasteiger charge is 2.07. The molecule has 0 saturated carbocycles. The lowest BCUT2D eigenvalue weighted by Crippen LogP contribution is -2.20. The lowest BCUT2D eigenvalue weighted by atomic mass is 10.2. The van der Waals surface area contributed by atoms with Crippen molar-refractivity contribution in [3.63, 3.8) is 0 Å². The van der Waals surface area contributed by atoms with Crippen molar-refractivity contribution in [1.29, 1.82) is 0 Å². The van der Waals surface area contributed by atoms with Crippen LogP contribution in [-0.4, -0.2) is 14.9 Å². The summed E-state index contributed by atoms with van der Waals surface area (Å²) in [5.41, 5.74) is 0.953. The van der Waals surface area contributed by atoms with Gasteiger partial charge in [0.25, 0.3) is 0 Å². The fourth-order valence-corrected chi connectivity index (χ4v) is 2.37. The Bertz CT molecular complexity index is 893. The molecule has 0 unspecified atom stereocenters. The third-order valence-corrected chi connectivity index (χ3v) is 3.52. The van der Waals surface area contributed by atoms with Crippen molar-refractivity contribution in [3.8, 4) is 0 Å². The van der Waals surface area contributed by atoms with Crippen LogP contribution >= 0.6 is 12.2 Å². The van der Waals surface area contributed by atoms with E-state index in [0.717, 1.165) is 17.7 Å². The van der Waals surface area contributed by atoms with E-state index in [4.69, 9.17) is 12.2 Å². The molecular weight excluding hydrogens is 349 g/mol. The first-order chi connectivity index (χ1) is 12.0. The summed E-state index contributed by atoms with van der Waals surface area (Å²) in [7, 11) is 0. The molecule has 2 N–H and O–H groups in total. The van der Waals surface area contributed by atoms with E-state index in [0.29, 0.717) is 12.4 Å². The van der Waals surface area contributed by atoms with Crippen molar-refractivity contribution in [2.75, 3.05) is 10.6 Å². The lowest BCUT2D eigenvalue weighted by Gasteiger charge is -2.09. The van der Waals surface area contributed by atoms with Gasteiger partial charge in [0.1, 0.15) is 17.5 Å². The summed E-state index contributed by atoms with van der Waals surface area (Å²) in [4.78, 5) is 0. The Morgan fingerprint density at radius 1 is 0.960 bits per heavy atom. The molecule has 4 nitrogen and oxygen atoms in total. The van der Waals surface area contributed by atoms with Gasteiger partial charge in [0.15, 0.2) is 10.9 Å². The number of rotatable bonds is 4. The molecule has 0 aliphatic heterocycles. The number of benzene rings is 2. The Hall–Kier alpha value is -2.87. The molecule has 0 spiro atoms. The molecule has 1 heterocycles. The average Bonchev–Trinajstić information content (AvgIpc) is 2.99. The molecule has 8 heteroatoms. The van der Waals surface area contributed by atoms with Gasteiger partial charge in [0.2, 0.25) is 0 Å². The van der Waals surface area contributed by atoms with E-state index in [1.807, 2.05) is 0 Å². The Kier molecular flexibility index (Phi) is 4.99. The number of aromatic nitrogens is 2. The molecule has 2 aromatic carbocycles. The van der Waals surface area contributed by atoms with Crippen molar-refractivity contribution in [2.24, 2.45) is 0 Å². The Morgan fingerprint density at radius 3 is 2.40 bits per heavy atom. The summed E-state index contributed by atoms with van der Waals surface area (Å²) < 4.78 is 41.0.